The van der Waals surface area contributed by atoms with Gasteiger partial charge < -0.3 is 15.1 Å². The Morgan fingerprint density at radius 1 is 0.824 bits per heavy atom. The van der Waals surface area contributed by atoms with Crippen LogP contribution in [0.15, 0.2) is 59.6 Å². The van der Waals surface area contributed by atoms with Crippen LogP contribution in [0.2, 0.25) is 0 Å². The van der Waals surface area contributed by atoms with Crippen molar-refractivity contribution in [1.82, 2.24) is 9.80 Å². The molecule has 2 aromatic rings. The summed E-state index contributed by atoms with van der Waals surface area (Å²) in [6, 6.07) is 17.3. The predicted molar refractivity (Wildman–Crippen MR) is 155 cm³/mol. The zero-order valence-corrected chi connectivity index (χ0v) is 20.2. The van der Waals surface area contributed by atoms with Crippen molar-refractivity contribution >= 4 is 23.2 Å². The highest BCUT2D eigenvalue weighted by molar-refractivity contribution is 6.02. The molecule has 1 saturated heterocycles. The van der Waals surface area contributed by atoms with Crippen LogP contribution in [0.5, 0.6) is 0 Å². The highest BCUT2D eigenvalue weighted by Crippen LogP contribution is 2.17. The normalized spacial score (nSPS) is 11.6. The van der Waals surface area contributed by atoms with Crippen LogP contribution in [0.25, 0.3) is 0 Å². The molecule has 5 heteroatoms. The van der Waals surface area contributed by atoms with E-state index in [0.717, 1.165) is 36.8 Å². The van der Waals surface area contributed by atoms with E-state index in [1.54, 1.807) is 12.1 Å². The number of nitrogens with zero attached hydrogens (tertiary/aromatic N) is 3. The zero-order chi connectivity index (χ0) is 23.1. The Labute approximate surface area is 211 Å². The molecule has 194 valence electrons. The van der Waals surface area contributed by atoms with Crippen LogP contribution in [0.4, 0.5) is 11.4 Å². The van der Waals surface area contributed by atoms with Crippen molar-refractivity contribution in [2.75, 3.05) is 32.5 Å². The van der Waals surface area contributed by atoms with E-state index >= 15 is 0 Å². The molecule has 0 saturated carbocycles. The van der Waals surface area contributed by atoms with Gasteiger partial charge in [-0.2, -0.15) is 4.99 Å². The number of hydrogen-bond acceptors (Lipinski definition) is 2. The lowest BCUT2D eigenvalue weighted by atomic mass is 10.2. The van der Waals surface area contributed by atoms with Crippen LogP contribution in [-0.2, 0) is 0 Å². The van der Waals surface area contributed by atoms with Crippen molar-refractivity contribution < 1.29 is 4.79 Å². The van der Waals surface area contributed by atoms with Gasteiger partial charge in [-0.1, -0.05) is 87.4 Å². The number of amides is 1. The highest BCUT2D eigenvalue weighted by atomic mass is 16.1. The molecule has 0 aromatic heterocycles. The molecule has 3 rings (SSSR count). The Morgan fingerprint density at radius 2 is 1.29 bits per heavy atom. The second-order valence-electron chi connectivity index (χ2n) is 7.34. The monoisotopic (exact) mass is 472 g/mol. The van der Waals surface area contributed by atoms with Crippen molar-refractivity contribution in [3.63, 3.8) is 0 Å². The topological polar surface area (TPSA) is 47.9 Å². The van der Waals surface area contributed by atoms with E-state index in [1.165, 1.54) is 19.3 Å². The van der Waals surface area contributed by atoms with Gasteiger partial charge in [0.2, 0.25) is 5.96 Å². The largest absolute Gasteiger partial charge is 0.356 e. The number of carbonyl (C=O) groups excluding carboxylic acids is 1. The van der Waals surface area contributed by atoms with Crippen LogP contribution >= 0.6 is 0 Å². The number of guanidine groups is 1. The van der Waals surface area contributed by atoms with Gasteiger partial charge in [0.1, 0.15) is 0 Å². The molecule has 34 heavy (non-hydrogen) atoms. The number of para-hydroxylation sites is 1. The summed E-state index contributed by atoms with van der Waals surface area (Å²) in [5.41, 5.74) is 2.55. The highest BCUT2D eigenvalue weighted by Gasteiger charge is 2.19. The molecule has 1 fully saturated rings. The lowest BCUT2D eigenvalue weighted by Crippen LogP contribution is -2.46. The molecule has 0 radical (unpaired) electrons. The van der Waals surface area contributed by atoms with E-state index in [4.69, 9.17) is 0 Å². The number of anilines is 2. The fourth-order valence-electron chi connectivity index (χ4n) is 3.10. The number of benzene rings is 2. The summed E-state index contributed by atoms with van der Waals surface area (Å²) >= 11 is 0. The van der Waals surface area contributed by atoms with E-state index < -0.39 is 0 Å². The second-order valence-corrected chi connectivity index (χ2v) is 7.34. The Morgan fingerprint density at radius 3 is 1.74 bits per heavy atom. The summed E-state index contributed by atoms with van der Waals surface area (Å²) in [7, 11) is 3.93. The van der Waals surface area contributed by atoms with E-state index in [0.29, 0.717) is 5.56 Å². The minimum atomic E-state index is -0.211. The van der Waals surface area contributed by atoms with Gasteiger partial charge in [-0.3, -0.25) is 4.79 Å². The molecule has 5 nitrogen and oxygen atoms in total. The van der Waals surface area contributed by atoms with Gasteiger partial charge in [0.05, 0.1) is 0 Å². The van der Waals surface area contributed by atoms with Gasteiger partial charge in [0.25, 0.3) is 5.91 Å². The van der Waals surface area contributed by atoms with Crippen molar-refractivity contribution in [3.8, 4) is 0 Å². The average Bonchev–Trinajstić information content (AvgIpc) is 2.80. The third kappa shape index (κ3) is 12.4. The lowest BCUT2D eigenvalue weighted by molar-refractivity contribution is 0.0998. The molecule has 0 unspecified atom stereocenters. The standard InChI is InChI=1S/C19H22N4O.C5H12.C2H6.3CH4/c1-22-13-6-14-23(2)19(22)21-18(24)15-9-11-17(12-10-15)20-16-7-4-3-5-8-16;1-3-5-4-2;1-2;;;/h3-5,7-12,20H,6,13-14H2,1-2H3;3-5H2,1-2H3;1-2H3;3*1H4. The summed E-state index contributed by atoms with van der Waals surface area (Å²) < 4.78 is 0. The van der Waals surface area contributed by atoms with E-state index in [2.05, 4.69) is 24.2 Å². The molecule has 0 bridgehead atoms. The van der Waals surface area contributed by atoms with Gasteiger partial charge in [-0.05, 0) is 42.8 Å². The van der Waals surface area contributed by atoms with Gasteiger partial charge in [0, 0.05) is 44.1 Å². The number of hydrogen-bond donors (Lipinski definition) is 1. The fraction of sp³-hybridized carbons (Fsp3) is 0.517. The first-order valence-corrected chi connectivity index (χ1v) is 11.5. The summed E-state index contributed by atoms with van der Waals surface area (Å²) in [6.07, 6.45) is 5.16. The fourth-order valence-corrected chi connectivity index (χ4v) is 3.10. The quantitative estimate of drug-likeness (QED) is 0.475. The van der Waals surface area contributed by atoms with Crippen LogP contribution < -0.4 is 5.32 Å². The summed E-state index contributed by atoms with van der Waals surface area (Å²) in [4.78, 5) is 20.7. The molecular formula is C29H52N4O. The summed E-state index contributed by atoms with van der Waals surface area (Å²) in [5, 5.41) is 3.30. The third-order valence-electron chi connectivity index (χ3n) is 4.77. The SMILES string of the molecule is C.C.C.CC.CCCCC.CN1CCCN(C)C1=NC(=O)c1ccc(Nc2ccccc2)cc1. The molecule has 1 aliphatic rings. The summed E-state index contributed by atoms with van der Waals surface area (Å²) in [5.74, 6) is 0.523. The Bertz CT molecular complexity index is 758. The van der Waals surface area contributed by atoms with Crippen LogP contribution in [0.1, 0.15) is 86.0 Å². The number of aliphatic imine (C=N–C) groups is 1. The Balaban J connectivity index is -0.000000858. The minimum Gasteiger partial charge on any atom is -0.356 e. The minimum absolute atomic E-state index is 0. The van der Waals surface area contributed by atoms with Crippen molar-refractivity contribution in [2.24, 2.45) is 4.99 Å². The molecule has 1 heterocycles. The van der Waals surface area contributed by atoms with Crippen molar-refractivity contribution in [1.29, 1.82) is 0 Å². The smallest absolute Gasteiger partial charge is 0.280 e. The molecule has 1 aliphatic heterocycles. The van der Waals surface area contributed by atoms with Gasteiger partial charge in [-0.25, -0.2) is 0 Å². The zero-order valence-electron chi connectivity index (χ0n) is 20.2. The van der Waals surface area contributed by atoms with E-state index in [-0.39, 0.29) is 28.2 Å². The molecular weight excluding hydrogens is 420 g/mol. The maximum Gasteiger partial charge on any atom is 0.280 e. The van der Waals surface area contributed by atoms with Crippen LogP contribution in [0.3, 0.4) is 0 Å². The molecule has 1 N–H and O–H groups in total. The van der Waals surface area contributed by atoms with Gasteiger partial charge in [0.15, 0.2) is 0 Å². The molecule has 0 atom stereocenters. The Kier molecular flexibility index (Phi) is 21.8. The van der Waals surface area contributed by atoms with Crippen molar-refractivity contribution in [3.05, 3.63) is 60.2 Å². The lowest BCUT2D eigenvalue weighted by Gasteiger charge is -2.34. The van der Waals surface area contributed by atoms with E-state index in [9.17, 15) is 4.79 Å². The van der Waals surface area contributed by atoms with E-state index in [1.807, 2.05) is 80.2 Å². The first kappa shape index (κ1) is 35.8. The molecule has 2 aromatic carbocycles. The van der Waals surface area contributed by atoms with Crippen LogP contribution in [-0.4, -0.2) is 48.9 Å². The maximum atomic E-state index is 12.4. The average molecular weight is 473 g/mol. The maximum absolute atomic E-state index is 12.4. The first-order chi connectivity index (χ1) is 15.0. The molecule has 0 spiro atoms. The predicted octanol–water partition coefficient (Wildman–Crippen LogP) is 8.32. The molecule has 0 aliphatic carbocycles. The van der Waals surface area contributed by atoms with Gasteiger partial charge >= 0.3 is 0 Å². The number of rotatable bonds is 5. The van der Waals surface area contributed by atoms with Crippen molar-refractivity contribution in [2.45, 2.75) is 75.7 Å². The number of unbranched alkanes of at least 4 members (excludes halogenated alkanes) is 2. The van der Waals surface area contributed by atoms with Gasteiger partial charge in [-0.15, -0.1) is 0 Å². The van der Waals surface area contributed by atoms with Crippen LogP contribution in [0, 0.1) is 0 Å². The summed E-state index contributed by atoms with van der Waals surface area (Å²) in [6.45, 7) is 10.3. The first-order valence-electron chi connectivity index (χ1n) is 11.5. The Hall–Kier alpha value is -2.82. The third-order valence-corrected chi connectivity index (χ3v) is 4.77. The second kappa shape index (κ2) is 20.8. The molecule has 1 amide bonds. The number of nitrogens with one attached hydrogen (secondary N) is 1. The number of carbonyl (C=O) groups is 1.